The molecule has 51 heteroatoms. The maximum absolute atomic E-state index is 11.9. The fourth-order valence-corrected chi connectivity index (χ4v) is 17.3. The molecule has 11 aromatic rings. The molecule has 0 amide bonds. The number of nitrogens with one attached hydrogen (secondary N) is 3. The number of hydrogen-bond donors (Lipinski definition) is 9. The molecule has 4 aliphatic heterocycles. The van der Waals surface area contributed by atoms with Gasteiger partial charge in [-0.3, -0.25) is 60.7 Å². The fraction of sp³-hybridized carbons (Fsp3) is 0.543. The zero-order chi connectivity index (χ0) is 87.3. The zero-order valence-electron chi connectivity index (χ0n) is 71.7. The number of aromatic amines is 3. The first kappa shape index (κ1) is 98.1. The van der Waals surface area contributed by atoms with E-state index in [-0.39, 0.29) is 169 Å². The third-order valence-corrected chi connectivity index (χ3v) is 28.4. The van der Waals surface area contributed by atoms with Gasteiger partial charge in [-0.2, -0.15) is 19.9 Å². The molecule has 12 N–H and O–H groups in total. The number of aliphatic hydroxyl groups is 3. The average Bonchev–Trinajstić information content (AvgIpc) is 1.67. The van der Waals surface area contributed by atoms with E-state index in [1.165, 1.54) is 36.7 Å². The van der Waals surface area contributed by atoms with Crippen molar-refractivity contribution in [2.45, 2.75) is 200 Å². The molecule has 0 aromatic carbocycles. The van der Waals surface area contributed by atoms with Gasteiger partial charge in [0.15, 0.2) is 81.1 Å². The molecule has 0 bridgehead atoms. The van der Waals surface area contributed by atoms with Gasteiger partial charge in [0.2, 0.25) is 32.0 Å². The Morgan fingerprint density at radius 1 is 0.595 bits per heavy atom. The summed E-state index contributed by atoms with van der Waals surface area (Å²) in [6, 6.07) is -0.575. The number of rotatable bonds is 18. The number of H-pyrrole nitrogens is 3. The van der Waals surface area contributed by atoms with Crippen LogP contribution in [0.2, 0.25) is 98.2 Å². The average molecular weight is 1910 g/mol. The molecule has 0 aliphatic carbocycles. The maximum Gasteiger partial charge on any atom is 0.330 e. The quantitative estimate of drug-likeness (QED) is 0.0122. The summed E-state index contributed by atoms with van der Waals surface area (Å²) in [5, 5.41) is 30.8. The van der Waals surface area contributed by atoms with Crippen molar-refractivity contribution < 1.29 is 114 Å². The number of fused-ring (bicyclic) bond motifs is 5. The third-order valence-electron chi connectivity index (χ3n) is 19.6. The number of nitrogens with zero attached hydrogens (tertiary/aromatic N) is 24. The van der Waals surface area contributed by atoms with Crippen LogP contribution >= 0.6 is 0 Å². The van der Waals surface area contributed by atoms with Crippen LogP contribution in [0.3, 0.4) is 0 Å². The van der Waals surface area contributed by atoms with E-state index in [0.717, 1.165) is 40.5 Å². The molecular weight excluding hydrogens is 1800 g/mol. The van der Waals surface area contributed by atoms with E-state index >= 15 is 0 Å². The number of aromatic nitrogens is 22. The molecule has 4 fully saturated rings. The van der Waals surface area contributed by atoms with Crippen molar-refractivity contribution >= 4 is 133 Å². The number of esters is 1. The largest absolute Gasteiger partial charge is 0.530 e. The molecule has 4 saturated heterocycles. The number of aliphatic hydroxyl groups excluding tert-OH is 3. The fourth-order valence-electron chi connectivity index (χ4n) is 12.7. The second kappa shape index (κ2) is 40.5. The number of hydrogen-bond acceptors (Lipinski definition) is 33. The van der Waals surface area contributed by atoms with Gasteiger partial charge in [-0.1, -0.05) is 90.6 Å². The SMILES string of the molecule is CC(=O)OC[C@H]1O[C@@H](n2cc(C)c(=O)[nH]c2=O)C[C@H]1N=[N+]=[N-].CN(c1nc(O[Si](C)(C)C)c2ncn([Si](C)(C)C)c2n1)[Si](C)(C)C.CN(c1ncnc2c1ncn2[Si](C)(C)C)[Si](C)(C)C.C[C@@H]1C[C@H](n2cnc3c(N)ncnc32)O[C@@H]1CO.Nc1nc2c(ncn2[C@H]2C[CH-][C@@H](CO)O2)c(=O)[nH]1.Nc1nc2ncn([C@H]3C[CH-][C@@H](CO)O3)c2c(=O)[nH]1.[Y].[Y]. The Morgan fingerprint density at radius 2 is 1.13 bits per heavy atom. The normalized spacial score (nSPS) is 20.3. The van der Waals surface area contributed by atoms with E-state index in [1.807, 2.05) is 30.1 Å². The Labute approximate surface area is 751 Å². The molecule has 0 spiro atoms. The minimum atomic E-state index is -1.79. The summed E-state index contributed by atoms with van der Waals surface area (Å²) in [4.78, 5) is 123. The van der Waals surface area contributed by atoms with Crippen molar-refractivity contribution in [3.63, 3.8) is 0 Å². The summed E-state index contributed by atoms with van der Waals surface area (Å²) in [5.74, 6) is 2.59. The van der Waals surface area contributed by atoms with E-state index in [1.54, 1.807) is 28.7 Å². The van der Waals surface area contributed by atoms with Crippen molar-refractivity contribution in [3.8, 4) is 5.88 Å². The van der Waals surface area contributed by atoms with Gasteiger partial charge in [0.25, 0.3) is 16.7 Å². The van der Waals surface area contributed by atoms with Gasteiger partial charge in [-0.05, 0) is 63.7 Å². The zero-order valence-corrected chi connectivity index (χ0v) is 82.3. The van der Waals surface area contributed by atoms with Crippen molar-refractivity contribution in [2.75, 3.05) is 66.9 Å². The Kier molecular flexibility index (Phi) is 32.8. The van der Waals surface area contributed by atoms with Crippen LogP contribution in [-0.4, -0.2) is 240 Å². The smallest absolute Gasteiger partial charge is 0.330 e. The summed E-state index contributed by atoms with van der Waals surface area (Å²) < 4.78 is 49.0. The predicted octanol–water partition coefficient (Wildman–Crippen LogP) is 5.84. The number of anilines is 5. The number of azide groups is 1. The molecule has 10 atom stereocenters. The Morgan fingerprint density at radius 3 is 1.70 bits per heavy atom. The first-order chi connectivity index (χ1) is 55.8. The second-order valence-electron chi connectivity index (χ2n) is 33.8. The van der Waals surface area contributed by atoms with Gasteiger partial charge in [0.1, 0.15) is 69.5 Å². The molecule has 4 aliphatic rings. The van der Waals surface area contributed by atoms with Crippen molar-refractivity contribution in [3.05, 3.63) is 121 Å². The topological polar surface area (TPSA) is 579 Å². The van der Waals surface area contributed by atoms with Crippen LogP contribution < -0.4 is 53.1 Å². The van der Waals surface area contributed by atoms with Crippen LogP contribution in [0.5, 0.6) is 5.88 Å². The number of carbonyl (C=O) groups excluding carboxylic acids is 1. The van der Waals surface area contributed by atoms with Crippen LogP contribution in [0.1, 0.15) is 70.0 Å². The first-order valence-electron chi connectivity index (χ1n) is 38.4. The Balaban J connectivity index is 0.000000180. The molecule has 121 heavy (non-hydrogen) atoms. The van der Waals surface area contributed by atoms with Gasteiger partial charge < -0.3 is 82.8 Å². The molecule has 0 saturated carbocycles. The summed E-state index contributed by atoms with van der Waals surface area (Å²) >= 11 is 0. The third kappa shape index (κ3) is 23.8. The Bertz CT molecular complexity index is 5710. The van der Waals surface area contributed by atoms with Gasteiger partial charge in [-0.15, -0.1) is 12.8 Å². The van der Waals surface area contributed by atoms with E-state index < -0.39 is 76.9 Å². The number of imidazole rings is 5. The molecule has 44 nitrogen and oxygen atoms in total. The van der Waals surface area contributed by atoms with E-state index in [2.05, 4.69) is 217 Å². The van der Waals surface area contributed by atoms with Crippen LogP contribution in [0.4, 0.5) is 29.5 Å². The van der Waals surface area contributed by atoms with Crippen molar-refractivity contribution in [1.29, 1.82) is 0 Å². The summed E-state index contributed by atoms with van der Waals surface area (Å²) in [7, 11) is -3.72. The van der Waals surface area contributed by atoms with E-state index in [0.29, 0.717) is 58.3 Å². The molecule has 2 radical (unpaired) electrons. The molecule has 15 rings (SSSR count). The van der Waals surface area contributed by atoms with Crippen molar-refractivity contribution in [2.24, 2.45) is 11.0 Å². The number of nitrogen functional groups attached to an aromatic ring is 3. The van der Waals surface area contributed by atoms with Crippen LogP contribution in [0.15, 0.2) is 74.8 Å². The molecule has 650 valence electrons. The number of ether oxygens (including phenoxy) is 5. The van der Waals surface area contributed by atoms with Crippen LogP contribution in [0.25, 0.3) is 66.3 Å². The van der Waals surface area contributed by atoms with E-state index in [4.69, 9.17) is 71.0 Å². The van der Waals surface area contributed by atoms with Gasteiger partial charge in [0, 0.05) is 116 Å². The minimum absolute atomic E-state index is 0. The first-order valence-corrected chi connectivity index (χ1v) is 55.6. The number of nitrogens with two attached hydrogens (primary N) is 3. The molecule has 11 aromatic heterocycles. The van der Waals surface area contributed by atoms with Crippen molar-refractivity contribution in [1.82, 2.24) is 106 Å². The summed E-state index contributed by atoms with van der Waals surface area (Å²) in [6.07, 6.45) is 16.0. The number of aryl methyl sites for hydroxylation is 1. The maximum atomic E-state index is 11.9. The standard InChI is InChI=1S/C15H31N5OSi3.C12H15N5O5.C12H23N5Si2.C11H15N5O2.2C10H12N5O3.2Y/c1-19(22(2,3)4)15-17-13-12(14(18-15)21-24(8,9)10)16-11-20(13)23(5,6)7;1-6-4-17(12(20)14-11(6)19)10-3-8(15-16-13)9(22-10)5-21-7(2)18;1-16(18(2,3)4)11-10-12(14-8-13-11)17(9-15-10)19(5,6)7;1-6-2-8(18-7(6)3-17)16-5-15-9-10(12)13-4-14-11(9)16;11-10-13-8-7(9(17)14-10)15(4-12-8)6-2-1-5(3-16)18-6;11-10-13-8-7(9(17)14-10)12-4-15(8)6-2-1-5(3-16)18-6;;/h11H,1-10H3;4,8-10H,3,5H2,1-2H3,(H,14,19,20);8-9H,1-7H3;4-8,17H,2-3H2,1H3,(H2,12,13,14);2*1,4-6,16H,2-3H2,(H3,11,13,14,17);;/q;;;;2*-1;;/t;8-,9-,10-;;6-,7-,8-;2*5-,6+;;/m.1.100../s1. The number of carbonyl (C=O) groups is 1. The van der Waals surface area contributed by atoms with Gasteiger partial charge in [0.05, 0.1) is 50.4 Å². The van der Waals surface area contributed by atoms with Crippen LogP contribution in [-0.2, 0) is 93.9 Å². The molecule has 15 heterocycles. The Hall–Kier alpha value is -8.38. The second-order valence-corrected chi connectivity index (χ2v) is 57.9. The predicted molar refractivity (Wildman–Crippen MR) is 459 cm³/mol. The van der Waals surface area contributed by atoms with E-state index in [9.17, 15) is 29.1 Å². The van der Waals surface area contributed by atoms with Crippen LogP contribution in [0, 0.1) is 25.7 Å². The van der Waals surface area contributed by atoms with Gasteiger partial charge in [-0.25, -0.2) is 49.7 Å². The summed E-state index contributed by atoms with van der Waals surface area (Å²) in [5.41, 5.74) is 29.9. The summed E-state index contributed by atoms with van der Waals surface area (Å²) in [6.45, 7) is 38.7. The molecular formula is C70H108N30O14Si5Y2-2. The van der Waals surface area contributed by atoms with Gasteiger partial charge >= 0.3 is 11.7 Å². The molecule has 0 unspecified atom stereocenters. The monoisotopic (exact) mass is 1910 g/mol. The minimum Gasteiger partial charge on any atom is -0.530 e.